The molecule has 0 aliphatic heterocycles. The van der Waals surface area contributed by atoms with Crippen LogP contribution in [0.25, 0.3) is 10.9 Å². The summed E-state index contributed by atoms with van der Waals surface area (Å²) in [7, 11) is 0. The molecular weight excluding hydrogens is 272 g/mol. The largest absolute Gasteiger partial charge is 0.351 e. The third-order valence-corrected chi connectivity index (χ3v) is 3.76. The minimum atomic E-state index is 0.0573. The summed E-state index contributed by atoms with van der Waals surface area (Å²) in [5.41, 5.74) is 2.81. The number of carbonyl (C=O) groups is 1. The fourth-order valence-corrected chi connectivity index (χ4v) is 2.69. The summed E-state index contributed by atoms with van der Waals surface area (Å²) in [5.74, 6) is 0.0573. The summed E-state index contributed by atoms with van der Waals surface area (Å²) in [6.45, 7) is 3.49. The quantitative estimate of drug-likeness (QED) is 0.751. The minimum Gasteiger partial charge on any atom is -0.351 e. The van der Waals surface area contributed by atoms with Gasteiger partial charge in [-0.15, -0.1) is 0 Å². The molecular formula is C19H20N2O. The highest BCUT2D eigenvalue weighted by atomic mass is 16.2. The molecule has 0 bridgehead atoms. The number of fused-ring (bicyclic) bond motifs is 1. The van der Waals surface area contributed by atoms with Crippen molar-refractivity contribution >= 4 is 16.8 Å². The molecule has 0 atom stereocenters. The fourth-order valence-electron chi connectivity index (χ4n) is 2.69. The zero-order valence-corrected chi connectivity index (χ0v) is 12.8. The predicted molar refractivity (Wildman–Crippen MR) is 89.8 cm³/mol. The minimum absolute atomic E-state index is 0.0573. The molecule has 1 N–H and O–H groups in total. The van der Waals surface area contributed by atoms with E-state index in [1.165, 1.54) is 0 Å². The fraction of sp³-hybridized carbons (Fsp3) is 0.211. The maximum Gasteiger partial charge on any atom is 0.270 e. The zero-order chi connectivity index (χ0) is 15.4. The molecule has 0 aliphatic rings. The van der Waals surface area contributed by atoms with Gasteiger partial charge in [0, 0.05) is 24.0 Å². The first-order valence-electron chi connectivity index (χ1n) is 7.69. The van der Waals surface area contributed by atoms with E-state index in [0.29, 0.717) is 12.2 Å². The lowest BCUT2D eigenvalue weighted by Gasteiger charge is -2.21. The molecule has 1 amide bonds. The van der Waals surface area contributed by atoms with Crippen molar-refractivity contribution in [2.45, 2.75) is 19.9 Å². The molecule has 112 valence electrons. The molecule has 3 aromatic rings. The van der Waals surface area contributed by atoms with Crippen molar-refractivity contribution in [3.8, 4) is 0 Å². The van der Waals surface area contributed by atoms with Crippen molar-refractivity contribution in [1.29, 1.82) is 0 Å². The first kappa shape index (κ1) is 14.4. The number of aromatic nitrogens is 1. The molecule has 0 fully saturated rings. The molecule has 0 saturated heterocycles. The van der Waals surface area contributed by atoms with Gasteiger partial charge in [0.2, 0.25) is 0 Å². The van der Waals surface area contributed by atoms with Gasteiger partial charge in [-0.2, -0.15) is 0 Å². The highest BCUT2D eigenvalue weighted by Crippen LogP contribution is 2.17. The van der Waals surface area contributed by atoms with Gasteiger partial charge in [0.15, 0.2) is 0 Å². The number of benzene rings is 2. The first-order chi connectivity index (χ1) is 10.8. The average Bonchev–Trinajstić information content (AvgIpc) is 2.99. The van der Waals surface area contributed by atoms with Crippen LogP contribution in [0.5, 0.6) is 0 Å². The molecule has 3 heteroatoms. The van der Waals surface area contributed by atoms with E-state index in [1.807, 2.05) is 53.4 Å². The van der Waals surface area contributed by atoms with Gasteiger partial charge in [-0.05, 0) is 24.1 Å². The van der Waals surface area contributed by atoms with Gasteiger partial charge in [0.05, 0.1) is 0 Å². The molecule has 3 nitrogen and oxygen atoms in total. The van der Waals surface area contributed by atoms with E-state index in [2.05, 4.69) is 24.0 Å². The van der Waals surface area contributed by atoms with Crippen LogP contribution in [0, 0.1) is 0 Å². The Balaban J connectivity index is 1.85. The maximum atomic E-state index is 12.8. The third-order valence-electron chi connectivity index (χ3n) is 3.76. The number of nitrogens with one attached hydrogen (secondary N) is 1. The summed E-state index contributed by atoms with van der Waals surface area (Å²) in [6.07, 6.45) is 0.943. The van der Waals surface area contributed by atoms with E-state index < -0.39 is 0 Å². The number of carbonyl (C=O) groups excluding carboxylic acids is 1. The molecule has 0 saturated carbocycles. The highest BCUT2D eigenvalue weighted by molar-refractivity contribution is 5.98. The second-order valence-electron chi connectivity index (χ2n) is 5.48. The topological polar surface area (TPSA) is 36.1 Å². The predicted octanol–water partition coefficient (Wildman–Crippen LogP) is 4.22. The summed E-state index contributed by atoms with van der Waals surface area (Å²) in [6, 6.07) is 20.0. The molecule has 0 aliphatic carbocycles. The van der Waals surface area contributed by atoms with Crippen LogP contribution in [0.3, 0.4) is 0 Å². The van der Waals surface area contributed by atoms with E-state index in [-0.39, 0.29) is 5.91 Å². The lowest BCUT2D eigenvalue weighted by atomic mass is 10.2. The number of amides is 1. The Morgan fingerprint density at radius 1 is 1.05 bits per heavy atom. The number of para-hydroxylation sites is 1. The Morgan fingerprint density at radius 2 is 1.77 bits per heavy atom. The van der Waals surface area contributed by atoms with Gasteiger partial charge in [0.25, 0.3) is 5.91 Å². The molecule has 0 radical (unpaired) electrons. The second kappa shape index (κ2) is 6.48. The number of aromatic amines is 1. The monoisotopic (exact) mass is 292 g/mol. The van der Waals surface area contributed by atoms with Crippen LogP contribution in [0.15, 0.2) is 60.7 Å². The van der Waals surface area contributed by atoms with E-state index in [0.717, 1.165) is 29.4 Å². The summed E-state index contributed by atoms with van der Waals surface area (Å²) in [4.78, 5) is 17.9. The van der Waals surface area contributed by atoms with Crippen molar-refractivity contribution in [2.24, 2.45) is 0 Å². The Labute approximate surface area is 130 Å². The van der Waals surface area contributed by atoms with Gasteiger partial charge in [-0.25, -0.2) is 0 Å². The van der Waals surface area contributed by atoms with Gasteiger partial charge >= 0.3 is 0 Å². The lowest BCUT2D eigenvalue weighted by molar-refractivity contribution is 0.0738. The Kier molecular flexibility index (Phi) is 4.24. The molecule has 0 unspecified atom stereocenters. The Bertz CT molecular complexity index is 728. The number of nitrogens with zero attached hydrogens (tertiary/aromatic N) is 1. The van der Waals surface area contributed by atoms with Crippen LogP contribution in [-0.2, 0) is 6.54 Å². The third kappa shape index (κ3) is 3.03. The van der Waals surface area contributed by atoms with Crippen LogP contribution in [-0.4, -0.2) is 22.3 Å². The molecule has 3 rings (SSSR count). The number of H-pyrrole nitrogens is 1. The standard InChI is InChI=1S/C19H20N2O/c1-2-12-21(14-15-8-4-3-5-9-15)19(22)18-13-16-10-6-7-11-17(16)20-18/h3-11,13,20H,2,12,14H2,1H3. The number of rotatable bonds is 5. The normalized spacial score (nSPS) is 10.8. The Hall–Kier alpha value is -2.55. The summed E-state index contributed by atoms with van der Waals surface area (Å²) >= 11 is 0. The van der Waals surface area contributed by atoms with Gasteiger partial charge in [-0.3, -0.25) is 4.79 Å². The van der Waals surface area contributed by atoms with Crippen LogP contribution >= 0.6 is 0 Å². The van der Waals surface area contributed by atoms with Crippen LogP contribution < -0.4 is 0 Å². The van der Waals surface area contributed by atoms with Gasteiger partial charge < -0.3 is 9.88 Å². The van der Waals surface area contributed by atoms with Crippen molar-refractivity contribution in [3.63, 3.8) is 0 Å². The number of hydrogen-bond acceptors (Lipinski definition) is 1. The highest BCUT2D eigenvalue weighted by Gasteiger charge is 2.17. The second-order valence-corrected chi connectivity index (χ2v) is 5.48. The number of hydrogen-bond donors (Lipinski definition) is 1. The van der Waals surface area contributed by atoms with E-state index in [9.17, 15) is 4.79 Å². The molecule has 0 spiro atoms. The average molecular weight is 292 g/mol. The smallest absolute Gasteiger partial charge is 0.270 e. The molecule has 1 aromatic heterocycles. The van der Waals surface area contributed by atoms with Crippen LogP contribution in [0.4, 0.5) is 0 Å². The summed E-state index contributed by atoms with van der Waals surface area (Å²) in [5, 5.41) is 1.07. The first-order valence-corrected chi connectivity index (χ1v) is 7.69. The van der Waals surface area contributed by atoms with Crippen molar-refractivity contribution < 1.29 is 4.79 Å². The SMILES string of the molecule is CCCN(Cc1ccccc1)C(=O)c1cc2ccccc2[nH]1. The van der Waals surface area contributed by atoms with Crippen molar-refractivity contribution in [1.82, 2.24) is 9.88 Å². The molecule has 22 heavy (non-hydrogen) atoms. The summed E-state index contributed by atoms with van der Waals surface area (Å²) < 4.78 is 0. The van der Waals surface area contributed by atoms with E-state index in [1.54, 1.807) is 0 Å². The van der Waals surface area contributed by atoms with E-state index in [4.69, 9.17) is 0 Å². The molecule has 1 heterocycles. The van der Waals surface area contributed by atoms with Crippen molar-refractivity contribution in [3.05, 3.63) is 71.9 Å². The zero-order valence-electron chi connectivity index (χ0n) is 12.8. The van der Waals surface area contributed by atoms with Gasteiger partial charge in [-0.1, -0.05) is 55.5 Å². The van der Waals surface area contributed by atoms with E-state index >= 15 is 0 Å². The Morgan fingerprint density at radius 3 is 2.50 bits per heavy atom. The van der Waals surface area contributed by atoms with Crippen molar-refractivity contribution in [2.75, 3.05) is 6.54 Å². The van der Waals surface area contributed by atoms with Crippen LogP contribution in [0.2, 0.25) is 0 Å². The maximum absolute atomic E-state index is 12.8. The van der Waals surface area contributed by atoms with Gasteiger partial charge in [0.1, 0.15) is 5.69 Å². The lowest BCUT2D eigenvalue weighted by Crippen LogP contribution is -2.31. The van der Waals surface area contributed by atoms with Crippen LogP contribution in [0.1, 0.15) is 29.4 Å². The molecule has 2 aromatic carbocycles.